The molecule has 0 aliphatic carbocycles. The second kappa shape index (κ2) is 6.03. The minimum absolute atomic E-state index is 0.159. The third-order valence-electron chi connectivity index (χ3n) is 2.64. The van der Waals surface area contributed by atoms with Gasteiger partial charge in [0.15, 0.2) is 0 Å². The minimum Gasteiger partial charge on any atom is -0.298 e. The predicted molar refractivity (Wildman–Crippen MR) is 71.3 cm³/mol. The molecule has 1 saturated heterocycles. The molecule has 0 N–H and O–H groups in total. The van der Waals surface area contributed by atoms with Crippen LogP contribution in [0.3, 0.4) is 0 Å². The molecule has 16 heavy (non-hydrogen) atoms. The number of nitrogens with zero attached hydrogens (tertiary/aromatic N) is 1. The monoisotopic (exact) mass is 303 g/mol. The van der Waals surface area contributed by atoms with Gasteiger partial charge in [0.25, 0.3) is 0 Å². The van der Waals surface area contributed by atoms with Crippen molar-refractivity contribution in [1.29, 1.82) is 0 Å². The smallest absolute Gasteiger partial charge is 0.124 e. The quantitative estimate of drug-likeness (QED) is 0.822. The van der Waals surface area contributed by atoms with Crippen LogP contribution in [0, 0.1) is 5.82 Å². The van der Waals surface area contributed by atoms with Crippen LogP contribution in [0.5, 0.6) is 0 Å². The van der Waals surface area contributed by atoms with Crippen LogP contribution in [0.2, 0.25) is 0 Å². The molecule has 0 aromatic heterocycles. The number of benzene rings is 1. The highest BCUT2D eigenvalue weighted by Gasteiger charge is 2.10. The lowest BCUT2D eigenvalue weighted by Gasteiger charge is -2.19. The van der Waals surface area contributed by atoms with E-state index in [0.717, 1.165) is 29.7 Å². The minimum atomic E-state index is -0.159. The van der Waals surface area contributed by atoms with E-state index in [1.807, 2.05) is 17.8 Å². The van der Waals surface area contributed by atoms with Crippen LogP contribution in [-0.4, -0.2) is 29.5 Å². The zero-order valence-electron chi connectivity index (χ0n) is 9.09. The van der Waals surface area contributed by atoms with Gasteiger partial charge in [-0.1, -0.05) is 15.9 Å². The van der Waals surface area contributed by atoms with Crippen molar-refractivity contribution < 1.29 is 4.39 Å². The third kappa shape index (κ3) is 3.75. The van der Waals surface area contributed by atoms with Gasteiger partial charge in [0.1, 0.15) is 5.82 Å². The van der Waals surface area contributed by atoms with Crippen LogP contribution in [0.25, 0.3) is 0 Å². The molecular weight excluding hydrogens is 289 g/mol. The molecule has 1 heterocycles. The highest BCUT2D eigenvalue weighted by molar-refractivity contribution is 9.10. The van der Waals surface area contributed by atoms with Crippen molar-refractivity contribution in [1.82, 2.24) is 4.90 Å². The normalized spacial score (nSPS) is 18.4. The lowest BCUT2D eigenvalue weighted by Crippen LogP contribution is -2.25. The lowest BCUT2D eigenvalue weighted by molar-refractivity contribution is 0.287. The van der Waals surface area contributed by atoms with E-state index in [0.29, 0.717) is 0 Å². The van der Waals surface area contributed by atoms with Crippen molar-refractivity contribution in [2.75, 3.05) is 24.6 Å². The highest BCUT2D eigenvalue weighted by atomic mass is 79.9. The summed E-state index contributed by atoms with van der Waals surface area (Å²) in [6, 6.07) is 5.13. The first-order valence-electron chi connectivity index (χ1n) is 5.49. The molecule has 1 aliphatic rings. The molecule has 0 radical (unpaired) electrons. The van der Waals surface area contributed by atoms with E-state index < -0.39 is 0 Å². The molecule has 1 aliphatic heterocycles. The Bertz CT molecular complexity index is 331. The molecule has 1 fully saturated rings. The van der Waals surface area contributed by atoms with Gasteiger partial charge in [0.2, 0.25) is 0 Å². The fourth-order valence-electron chi connectivity index (χ4n) is 1.92. The summed E-state index contributed by atoms with van der Waals surface area (Å²) in [5.74, 6) is 2.29. The van der Waals surface area contributed by atoms with Gasteiger partial charge in [-0.25, -0.2) is 4.39 Å². The van der Waals surface area contributed by atoms with Crippen LogP contribution in [-0.2, 0) is 6.54 Å². The molecule has 0 atom stereocenters. The molecule has 0 saturated carbocycles. The molecule has 88 valence electrons. The van der Waals surface area contributed by atoms with Crippen molar-refractivity contribution >= 4 is 27.7 Å². The lowest BCUT2D eigenvalue weighted by atomic mass is 10.2. The summed E-state index contributed by atoms with van der Waals surface area (Å²) in [5.41, 5.74) is 1.05. The van der Waals surface area contributed by atoms with E-state index in [2.05, 4.69) is 20.8 Å². The standard InChI is InChI=1S/C12H15BrFNS/c13-11-6-10(7-12(14)8-11)9-15-2-1-4-16-5-3-15/h6-8H,1-5,9H2. The van der Waals surface area contributed by atoms with Crippen LogP contribution >= 0.6 is 27.7 Å². The van der Waals surface area contributed by atoms with Crippen molar-refractivity contribution in [3.8, 4) is 0 Å². The molecule has 0 amide bonds. The molecule has 0 spiro atoms. The Morgan fingerprint density at radius 2 is 2.12 bits per heavy atom. The van der Waals surface area contributed by atoms with E-state index in [9.17, 15) is 4.39 Å². The largest absolute Gasteiger partial charge is 0.298 e. The van der Waals surface area contributed by atoms with Crippen LogP contribution in [0.4, 0.5) is 4.39 Å². The predicted octanol–water partition coefficient (Wildman–Crippen LogP) is 3.53. The maximum Gasteiger partial charge on any atom is 0.124 e. The summed E-state index contributed by atoms with van der Waals surface area (Å²) in [7, 11) is 0. The Labute approximate surface area is 109 Å². The summed E-state index contributed by atoms with van der Waals surface area (Å²) in [6.45, 7) is 3.09. The molecule has 0 bridgehead atoms. The average Bonchev–Trinajstić information content (AvgIpc) is 2.44. The fourth-order valence-corrected chi connectivity index (χ4v) is 3.35. The zero-order valence-corrected chi connectivity index (χ0v) is 11.5. The Morgan fingerprint density at radius 1 is 1.25 bits per heavy atom. The van der Waals surface area contributed by atoms with Gasteiger partial charge in [-0.05, 0) is 42.5 Å². The van der Waals surface area contributed by atoms with Crippen LogP contribution in [0.15, 0.2) is 22.7 Å². The van der Waals surface area contributed by atoms with E-state index in [-0.39, 0.29) is 5.82 Å². The summed E-state index contributed by atoms with van der Waals surface area (Å²) in [6.07, 6.45) is 1.24. The van der Waals surface area contributed by atoms with Crippen molar-refractivity contribution in [3.63, 3.8) is 0 Å². The highest BCUT2D eigenvalue weighted by Crippen LogP contribution is 2.18. The summed E-state index contributed by atoms with van der Waals surface area (Å²) in [5, 5.41) is 0. The summed E-state index contributed by atoms with van der Waals surface area (Å²) in [4.78, 5) is 2.40. The average molecular weight is 304 g/mol. The Balaban J connectivity index is 2.01. The molecular formula is C12H15BrFNS. The van der Waals surface area contributed by atoms with E-state index in [4.69, 9.17) is 0 Å². The molecule has 1 nitrogen and oxygen atoms in total. The topological polar surface area (TPSA) is 3.24 Å². The van der Waals surface area contributed by atoms with Crippen LogP contribution in [0.1, 0.15) is 12.0 Å². The first-order valence-corrected chi connectivity index (χ1v) is 7.44. The van der Waals surface area contributed by atoms with Gasteiger partial charge in [0, 0.05) is 23.3 Å². The van der Waals surface area contributed by atoms with Gasteiger partial charge in [-0.2, -0.15) is 11.8 Å². The number of hydrogen-bond donors (Lipinski definition) is 0. The maximum absolute atomic E-state index is 13.2. The van der Waals surface area contributed by atoms with Gasteiger partial charge < -0.3 is 0 Å². The fraction of sp³-hybridized carbons (Fsp3) is 0.500. The van der Waals surface area contributed by atoms with E-state index >= 15 is 0 Å². The Morgan fingerprint density at radius 3 is 2.94 bits per heavy atom. The summed E-state index contributed by atoms with van der Waals surface area (Å²) < 4.78 is 14.0. The summed E-state index contributed by atoms with van der Waals surface area (Å²) >= 11 is 5.34. The number of thioether (sulfide) groups is 1. The Kier molecular flexibility index (Phi) is 4.67. The van der Waals surface area contributed by atoms with E-state index in [1.165, 1.54) is 24.0 Å². The van der Waals surface area contributed by atoms with Crippen molar-refractivity contribution in [2.45, 2.75) is 13.0 Å². The molecule has 4 heteroatoms. The SMILES string of the molecule is Fc1cc(Br)cc(CN2CCCSCC2)c1. The zero-order chi connectivity index (χ0) is 11.4. The third-order valence-corrected chi connectivity index (χ3v) is 4.15. The van der Waals surface area contributed by atoms with E-state index in [1.54, 1.807) is 6.07 Å². The molecule has 2 rings (SSSR count). The van der Waals surface area contributed by atoms with Gasteiger partial charge in [-0.15, -0.1) is 0 Å². The van der Waals surface area contributed by atoms with Gasteiger partial charge in [0.05, 0.1) is 0 Å². The van der Waals surface area contributed by atoms with Crippen molar-refractivity contribution in [3.05, 3.63) is 34.1 Å². The Hall–Kier alpha value is -0.0600. The van der Waals surface area contributed by atoms with Crippen molar-refractivity contribution in [2.24, 2.45) is 0 Å². The first-order chi connectivity index (χ1) is 7.74. The second-order valence-electron chi connectivity index (χ2n) is 4.02. The molecule has 1 aromatic carbocycles. The van der Waals surface area contributed by atoms with Gasteiger partial charge in [-0.3, -0.25) is 4.90 Å². The number of rotatable bonds is 2. The molecule has 0 unspecified atom stereocenters. The number of halogens is 2. The van der Waals surface area contributed by atoms with Gasteiger partial charge >= 0.3 is 0 Å². The first kappa shape index (κ1) is 12.4. The maximum atomic E-state index is 13.2. The number of hydrogen-bond acceptors (Lipinski definition) is 2. The molecule has 1 aromatic rings. The van der Waals surface area contributed by atoms with Crippen LogP contribution < -0.4 is 0 Å². The second-order valence-corrected chi connectivity index (χ2v) is 6.16.